The molecule has 110 valence electrons. The molecule has 0 radical (unpaired) electrons. The Kier molecular flexibility index (Phi) is 4.15. The minimum Gasteiger partial charge on any atom is -0.478 e. The van der Waals surface area contributed by atoms with Gasteiger partial charge >= 0.3 is 5.97 Å². The topological polar surface area (TPSA) is 96.4 Å². The van der Waals surface area contributed by atoms with Gasteiger partial charge in [-0.2, -0.15) is 0 Å². The number of benzene rings is 1. The van der Waals surface area contributed by atoms with E-state index in [1.165, 1.54) is 18.3 Å². The van der Waals surface area contributed by atoms with Crippen LogP contribution in [0.2, 0.25) is 5.02 Å². The smallest absolute Gasteiger partial charge is 0.337 e. The summed E-state index contributed by atoms with van der Waals surface area (Å²) in [4.78, 5) is 14.7. The van der Waals surface area contributed by atoms with Gasteiger partial charge in [0.1, 0.15) is 5.82 Å². The summed E-state index contributed by atoms with van der Waals surface area (Å²) in [5.74, 6) is -1.15. The lowest BCUT2D eigenvalue weighted by atomic mass is 10.2. The van der Waals surface area contributed by atoms with Crippen molar-refractivity contribution < 1.29 is 18.3 Å². The van der Waals surface area contributed by atoms with Crippen LogP contribution in [0.4, 0.5) is 5.82 Å². The van der Waals surface area contributed by atoms with E-state index in [1.54, 1.807) is 19.1 Å². The predicted molar refractivity (Wildman–Crippen MR) is 78.2 cm³/mol. The minimum absolute atomic E-state index is 0.0323. The highest BCUT2D eigenvalue weighted by molar-refractivity contribution is 7.92. The number of carboxylic acids is 1. The molecule has 1 heterocycles. The third kappa shape index (κ3) is 3.50. The lowest BCUT2D eigenvalue weighted by Crippen LogP contribution is -2.14. The molecule has 0 amide bonds. The van der Waals surface area contributed by atoms with Crippen molar-refractivity contribution in [2.24, 2.45) is 0 Å². The number of nitrogens with one attached hydrogen (secondary N) is 1. The molecule has 8 heteroatoms. The Morgan fingerprint density at radius 2 is 2.00 bits per heavy atom. The Hall–Kier alpha value is -2.12. The number of anilines is 1. The molecule has 0 bridgehead atoms. The van der Waals surface area contributed by atoms with Crippen molar-refractivity contribution in [2.75, 3.05) is 4.72 Å². The van der Waals surface area contributed by atoms with Gasteiger partial charge in [-0.25, -0.2) is 18.2 Å². The second-order valence-electron chi connectivity index (χ2n) is 4.27. The molecule has 6 nitrogen and oxygen atoms in total. The summed E-state index contributed by atoms with van der Waals surface area (Å²) in [7, 11) is -3.94. The van der Waals surface area contributed by atoms with Crippen LogP contribution in [0.1, 0.15) is 15.9 Å². The molecule has 21 heavy (non-hydrogen) atoms. The summed E-state index contributed by atoms with van der Waals surface area (Å²) in [5, 5.41) is 8.94. The Morgan fingerprint density at radius 1 is 1.29 bits per heavy atom. The van der Waals surface area contributed by atoms with Gasteiger partial charge in [-0.15, -0.1) is 0 Å². The number of hydrogen-bond acceptors (Lipinski definition) is 4. The molecule has 0 unspecified atom stereocenters. The second-order valence-corrected chi connectivity index (χ2v) is 6.36. The minimum atomic E-state index is -3.94. The molecule has 0 aliphatic rings. The number of carbonyl (C=O) groups is 1. The van der Waals surface area contributed by atoms with Crippen LogP contribution >= 0.6 is 11.6 Å². The van der Waals surface area contributed by atoms with Gasteiger partial charge in [0.25, 0.3) is 10.0 Å². The Labute approximate surface area is 126 Å². The number of sulfonamides is 1. The van der Waals surface area contributed by atoms with Gasteiger partial charge < -0.3 is 5.11 Å². The first-order chi connectivity index (χ1) is 9.79. The molecule has 0 spiro atoms. The quantitative estimate of drug-likeness (QED) is 0.900. The second kappa shape index (κ2) is 5.71. The van der Waals surface area contributed by atoms with Gasteiger partial charge in [0.15, 0.2) is 0 Å². The molecule has 2 aromatic rings. The van der Waals surface area contributed by atoms with Crippen molar-refractivity contribution in [3.63, 3.8) is 0 Å². The number of aryl methyl sites for hydroxylation is 1. The van der Waals surface area contributed by atoms with Crippen LogP contribution in [0.25, 0.3) is 0 Å². The fourth-order valence-electron chi connectivity index (χ4n) is 1.62. The first kappa shape index (κ1) is 15.3. The maximum absolute atomic E-state index is 12.2. The van der Waals surface area contributed by atoms with E-state index in [1.807, 2.05) is 0 Å². The fraction of sp³-hybridized carbons (Fsp3) is 0.0769. The van der Waals surface area contributed by atoms with E-state index in [2.05, 4.69) is 9.71 Å². The zero-order valence-corrected chi connectivity index (χ0v) is 12.4. The highest BCUT2D eigenvalue weighted by Crippen LogP contribution is 2.22. The Bertz CT molecular complexity index is 806. The number of rotatable bonds is 4. The van der Waals surface area contributed by atoms with Crippen molar-refractivity contribution in [3.05, 3.63) is 52.7 Å². The number of halogens is 1. The summed E-state index contributed by atoms with van der Waals surface area (Å²) in [5.41, 5.74) is 0.557. The molecule has 1 aromatic carbocycles. The first-order valence-electron chi connectivity index (χ1n) is 5.78. The van der Waals surface area contributed by atoms with E-state index in [9.17, 15) is 13.2 Å². The normalized spacial score (nSPS) is 11.1. The number of aromatic carboxylic acids is 1. The molecular weight excluding hydrogens is 316 g/mol. The first-order valence-corrected chi connectivity index (χ1v) is 7.64. The summed E-state index contributed by atoms with van der Waals surface area (Å²) in [6, 6.07) is 6.74. The summed E-state index contributed by atoms with van der Waals surface area (Å²) < 4.78 is 26.7. The molecule has 2 N–H and O–H groups in total. The van der Waals surface area contributed by atoms with E-state index in [4.69, 9.17) is 16.7 Å². The molecule has 0 saturated carbocycles. The highest BCUT2D eigenvalue weighted by atomic mass is 35.5. The standard InChI is InChI=1S/C13H11ClN2O4S/c1-8-4-5-15-12(6-8)16-21(19,20)9-2-3-11(14)10(7-9)13(17)18/h2-7H,1H3,(H,15,16)(H,17,18). The maximum Gasteiger partial charge on any atom is 0.337 e. The van der Waals surface area contributed by atoms with Gasteiger partial charge in [-0.1, -0.05) is 11.6 Å². The molecule has 0 atom stereocenters. The Morgan fingerprint density at radius 3 is 2.62 bits per heavy atom. The van der Waals surface area contributed by atoms with E-state index in [0.717, 1.165) is 11.6 Å². The Balaban J connectivity index is 2.40. The lowest BCUT2D eigenvalue weighted by Gasteiger charge is -2.09. The zero-order valence-electron chi connectivity index (χ0n) is 10.9. The van der Waals surface area contributed by atoms with Crippen molar-refractivity contribution in [1.29, 1.82) is 0 Å². The van der Waals surface area contributed by atoms with Gasteiger partial charge in [-0.05, 0) is 42.8 Å². The third-order valence-corrected chi connectivity index (χ3v) is 4.31. The van der Waals surface area contributed by atoms with Crippen LogP contribution in [-0.4, -0.2) is 24.5 Å². The molecule has 0 aliphatic carbocycles. The van der Waals surface area contributed by atoms with Crippen molar-refractivity contribution in [3.8, 4) is 0 Å². The summed E-state index contributed by atoms with van der Waals surface area (Å²) in [6.07, 6.45) is 1.47. The SMILES string of the molecule is Cc1ccnc(NS(=O)(=O)c2ccc(Cl)c(C(=O)O)c2)c1. The molecule has 2 rings (SSSR count). The van der Waals surface area contributed by atoms with Crippen LogP contribution in [-0.2, 0) is 10.0 Å². The van der Waals surface area contributed by atoms with E-state index >= 15 is 0 Å². The third-order valence-electron chi connectivity index (χ3n) is 2.63. The number of nitrogens with zero attached hydrogens (tertiary/aromatic N) is 1. The fourth-order valence-corrected chi connectivity index (χ4v) is 2.85. The van der Waals surface area contributed by atoms with Gasteiger partial charge in [0.2, 0.25) is 0 Å². The van der Waals surface area contributed by atoms with Gasteiger partial charge in [0, 0.05) is 6.20 Å². The zero-order chi connectivity index (χ0) is 15.6. The molecular formula is C13H11ClN2O4S. The number of aromatic nitrogens is 1. The van der Waals surface area contributed by atoms with Crippen LogP contribution in [0.15, 0.2) is 41.4 Å². The predicted octanol–water partition coefficient (Wildman–Crippen LogP) is 2.54. The largest absolute Gasteiger partial charge is 0.478 e. The summed E-state index contributed by atoms with van der Waals surface area (Å²) >= 11 is 5.71. The average molecular weight is 327 g/mol. The molecule has 0 fully saturated rings. The molecule has 0 aliphatic heterocycles. The highest BCUT2D eigenvalue weighted by Gasteiger charge is 2.19. The van der Waals surface area contributed by atoms with E-state index in [0.29, 0.717) is 0 Å². The average Bonchev–Trinajstić information content (AvgIpc) is 2.38. The van der Waals surface area contributed by atoms with Crippen molar-refractivity contribution >= 4 is 33.4 Å². The van der Waals surface area contributed by atoms with Gasteiger partial charge in [-0.3, -0.25) is 4.72 Å². The van der Waals surface area contributed by atoms with E-state index < -0.39 is 16.0 Å². The summed E-state index contributed by atoms with van der Waals surface area (Å²) in [6.45, 7) is 1.80. The number of pyridine rings is 1. The van der Waals surface area contributed by atoms with Crippen LogP contribution in [0.5, 0.6) is 0 Å². The van der Waals surface area contributed by atoms with Crippen molar-refractivity contribution in [1.82, 2.24) is 4.98 Å². The maximum atomic E-state index is 12.2. The lowest BCUT2D eigenvalue weighted by molar-refractivity contribution is 0.0697. The monoisotopic (exact) mass is 326 g/mol. The van der Waals surface area contributed by atoms with Crippen molar-refractivity contribution in [2.45, 2.75) is 11.8 Å². The van der Waals surface area contributed by atoms with Crippen LogP contribution in [0, 0.1) is 6.92 Å². The number of carboxylic acid groups (broad SMARTS) is 1. The van der Waals surface area contributed by atoms with Crippen LogP contribution < -0.4 is 4.72 Å². The molecule has 0 saturated heterocycles. The van der Waals surface area contributed by atoms with E-state index in [-0.39, 0.29) is 21.3 Å². The van der Waals surface area contributed by atoms with Crippen LogP contribution in [0.3, 0.4) is 0 Å². The molecule has 1 aromatic heterocycles. The van der Waals surface area contributed by atoms with Gasteiger partial charge in [0.05, 0.1) is 15.5 Å². The number of hydrogen-bond donors (Lipinski definition) is 2.